The van der Waals surface area contributed by atoms with Gasteiger partial charge in [0.1, 0.15) is 13.1 Å². The number of carboxylic acid groups (broad SMARTS) is 1. The van der Waals surface area contributed by atoms with E-state index < -0.39 is 11.9 Å². The fourth-order valence-electron chi connectivity index (χ4n) is 2.28. The Morgan fingerprint density at radius 1 is 0.848 bits per heavy atom. The molecule has 0 aromatic heterocycles. The van der Waals surface area contributed by atoms with Crippen molar-refractivity contribution in [1.82, 2.24) is 10.6 Å². The summed E-state index contributed by atoms with van der Waals surface area (Å²) in [5, 5.41) is 13.2. The van der Waals surface area contributed by atoms with Gasteiger partial charge >= 0.3 is 30.8 Å². The third-order valence-corrected chi connectivity index (χ3v) is 5.76. The molecule has 0 aliphatic rings. The van der Waals surface area contributed by atoms with Crippen LogP contribution in [0.25, 0.3) is 0 Å². The molecule has 0 unspecified atom stereocenters. The molecule has 0 radical (unpaired) electrons. The molecule has 0 aliphatic carbocycles. The van der Waals surface area contributed by atoms with E-state index in [9.17, 15) is 19.2 Å². The number of esters is 1. The molecule has 2 aromatic rings. The number of amides is 2. The van der Waals surface area contributed by atoms with Crippen molar-refractivity contribution in [3.8, 4) is 0 Å². The molecule has 2 aromatic carbocycles. The molecular weight excluding hydrogens is 559 g/mol. The number of hydrogen-bond donors (Lipinski definition) is 3. The fourth-order valence-corrected chi connectivity index (χ4v) is 3.01. The predicted octanol–water partition coefficient (Wildman–Crippen LogP) is 0.0594. The number of carboxylic acids is 1. The van der Waals surface area contributed by atoms with Crippen LogP contribution in [0.5, 0.6) is 0 Å². The summed E-state index contributed by atoms with van der Waals surface area (Å²) in [5.41, 5.74) is 2.65. The van der Waals surface area contributed by atoms with Crippen molar-refractivity contribution in [3.05, 3.63) is 67.6 Å². The molecule has 9 nitrogen and oxygen atoms in total. The molecule has 2 rings (SSSR count). The van der Waals surface area contributed by atoms with Crippen LogP contribution in [0.15, 0.2) is 45.3 Å². The number of rotatable bonds is 6. The molecule has 0 heterocycles. The quantitative estimate of drug-likeness (QED) is 0.322. The second kappa shape index (κ2) is 16.5. The minimum Gasteiger partial charge on any atom is -0.870 e. The van der Waals surface area contributed by atoms with Crippen LogP contribution in [0.1, 0.15) is 31.8 Å². The largest absolute Gasteiger partial charge is 1.00 e. The maximum Gasteiger partial charge on any atom is 1.00 e. The van der Waals surface area contributed by atoms with Crippen LogP contribution < -0.4 is 29.5 Å². The third-order valence-electron chi connectivity index (χ3n) is 4.05. The Hall–Kier alpha value is -2.16. The van der Waals surface area contributed by atoms with Crippen molar-refractivity contribution in [3.63, 3.8) is 0 Å². The summed E-state index contributed by atoms with van der Waals surface area (Å²) in [6.07, 6.45) is 0. The summed E-state index contributed by atoms with van der Waals surface area (Å²) in [7, 11) is 1.28. The summed E-state index contributed by atoms with van der Waals surface area (Å²) in [4.78, 5) is 44.3. The number of benzene rings is 2. The maximum atomic E-state index is 11.7. The van der Waals surface area contributed by atoms with E-state index in [0.29, 0.717) is 11.1 Å². The Labute approximate surface area is 220 Å². The second-order valence-corrected chi connectivity index (χ2v) is 7.87. The molecule has 0 aliphatic heterocycles. The number of carbonyl (C=O) groups excluding carboxylic acids is 3. The van der Waals surface area contributed by atoms with Crippen LogP contribution in [0.2, 0.25) is 0 Å². The van der Waals surface area contributed by atoms with Gasteiger partial charge in [-0.15, -0.1) is 0 Å². The monoisotopic (exact) mass is 580 g/mol. The van der Waals surface area contributed by atoms with Crippen molar-refractivity contribution in [1.29, 1.82) is 0 Å². The average molecular weight is 582 g/mol. The smallest absolute Gasteiger partial charge is 0.870 e. The second-order valence-electron chi connectivity index (χ2n) is 6.16. The number of halogens is 2. The minimum atomic E-state index is -1.06. The molecule has 0 fully saturated rings. The minimum absolute atomic E-state index is 0. The van der Waals surface area contributed by atoms with Crippen LogP contribution in [0.4, 0.5) is 0 Å². The van der Waals surface area contributed by atoms with Crippen molar-refractivity contribution in [2.45, 2.75) is 13.8 Å². The zero-order valence-electron chi connectivity index (χ0n) is 18.6. The van der Waals surface area contributed by atoms with E-state index in [0.717, 1.165) is 20.1 Å². The third kappa shape index (κ3) is 11.0. The first-order valence-electron chi connectivity index (χ1n) is 8.93. The summed E-state index contributed by atoms with van der Waals surface area (Å²) in [5.74, 6) is -2.20. The number of nitrogens with one attached hydrogen (secondary N) is 2. The predicted molar refractivity (Wildman–Crippen MR) is 124 cm³/mol. The number of methoxy groups -OCH3 is 1. The van der Waals surface area contributed by atoms with Crippen LogP contribution >= 0.6 is 31.9 Å². The first-order chi connectivity index (χ1) is 14.6. The maximum absolute atomic E-state index is 11.7. The van der Waals surface area contributed by atoms with Gasteiger partial charge in [0, 0.05) is 20.1 Å². The van der Waals surface area contributed by atoms with Crippen LogP contribution in [-0.2, 0) is 14.3 Å². The topological polar surface area (TPSA) is 152 Å². The number of aliphatic carboxylic acids is 1. The van der Waals surface area contributed by atoms with Gasteiger partial charge in [-0.1, -0.05) is 44.0 Å². The molecule has 0 bridgehead atoms. The van der Waals surface area contributed by atoms with Crippen molar-refractivity contribution >= 4 is 55.6 Å². The van der Waals surface area contributed by atoms with E-state index in [1.165, 1.54) is 7.11 Å². The Balaban J connectivity index is 0. The molecule has 4 N–H and O–H groups in total. The van der Waals surface area contributed by atoms with Gasteiger partial charge < -0.3 is 26.0 Å². The fraction of sp³-hybridized carbons (Fsp3) is 0.238. The summed E-state index contributed by atoms with van der Waals surface area (Å²) in [6, 6.07) is 10.5. The standard InChI is InChI=1S/C11H12BrNO3.C10H10BrNO3.Li.H2O/c1-7-8(4-3-5-9(7)12)11(15)13-6-10(14)16-2;1-6-7(3-2-4-8(6)11)10(15)12-5-9(13)14;;/h3-5H,6H2,1-2H3,(H,13,15);2-4H,5H2,1H3,(H,12,15)(H,13,14);;1H2/q;;+1;/p-1. The van der Waals surface area contributed by atoms with Crippen LogP contribution in [0.3, 0.4) is 0 Å². The molecule has 174 valence electrons. The SMILES string of the molecule is COC(=O)CNC(=O)c1cccc(Br)c1C.Cc1c(Br)cccc1C(=O)NCC(=O)O.[Li+].[OH-]. The molecule has 0 atom stereocenters. The van der Waals surface area contributed by atoms with Crippen molar-refractivity contribution in [2.24, 2.45) is 0 Å². The Morgan fingerprint density at radius 3 is 1.61 bits per heavy atom. The first-order valence-corrected chi connectivity index (χ1v) is 10.5. The van der Waals surface area contributed by atoms with Gasteiger partial charge in [0.2, 0.25) is 0 Å². The van der Waals surface area contributed by atoms with E-state index in [1.54, 1.807) is 31.2 Å². The molecule has 12 heteroatoms. The molecule has 33 heavy (non-hydrogen) atoms. The van der Waals surface area contributed by atoms with Crippen molar-refractivity contribution < 1.29 is 53.4 Å². The van der Waals surface area contributed by atoms with E-state index in [4.69, 9.17) is 5.11 Å². The summed E-state index contributed by atoms with van der Waals surface area (Å²) in [6.45, 7) is 3.13. The van der Waals surface area contributed by atoms with E-state index in [-0.39, 0.29) is 49.2 Å². The first kappa shape index (κ1) is 33.0. The summed E-state index contributed by atoms with van der Waals surface area (Å²) >= 11 is 6.63. The zero-order valence-corrected chi connectivity index (χ0v) is 21.7. The van der Waals surface area contributed by atoms with E-state index >= 15 is 0 Å². The van der Waals surface area contributed by atoms with E-state index in [1.807, 2.05) is 19.1 Å². The van der Waals surface area contributed by atoms with Crippen LogP contribution in [-0.4, -0.2) is 54.5 Å². The zero-order chi connectivity index (χ0) is 23.6. The van der Waals surface area contributed by atoms with Gasteiger partial charge in [-0.3, -0.25) is 19.2 Å². The van der Waals surface area contributed by atoms with Crippen LogP contribution in [0, 0.1) is 13.8 Å². The number of carbonyl (C=O) groups is 4. The Morgan fingerprint density at radius 2 is 1.24 bits per heavy atom. The van der Waals surface area contributed by atoms with Gasteiger partial charge in [-0.05, 0) is 49.2 Å². The van der Waals surface area contributed by atoms with Gasteiger partial charge in [0.15, 0.2) is 0 Å². The summed E-state index contributed by atoms with van der Waals surface area (Å²) < 4.78 is 6.11. The van der Waals surface area contributed by atoms with Gasteiger partial charge in [0.25, 0.3) is 11.8 Å². The molecule has 0 saturated carbocycles. The van der Waals surface area contributed by atoms with E-state index in [2.05, 4.69) is 47.2 Å². The van der Waals surface area contributed by atoms with Gasteiger partial charge in [0.05, 0.1) is 7.11 Å². The Bertz CT molecular complexity index is 987. The molecule has 0 saturated heterocycles. The molecule has 2 amide bonds. The number of hydrogen-bond acceptors (Lipinski definition) is 6. The number of ether oxygens (including phenoxy) is 1. The van der Waals surface area contributed by atoms with Crippen molar-refractivity contribution in [2.75, 3.05) is 20.2 Å². The Kier molecular flexibility index (Phi) is 16.5. The average Bonchev–Trinajstić information content (AvgIpc) is 2.74. The van der Waals surface area contributed by atoms with Gasteiger partial charge in [-0.25, -0.2) is 0 Å². The molecular formula is C21H23Br2LiN2O7. The van der Waals surface area contributed by atoms with Gasteiger partial charge in [-0.2, -0.15) is 0 Å². The molecule has 0 spiro atoms. The normalized spacial score (nSPS) is 9.12.